The molecular weight excluding hydrogens is 381 g/mol. The number of aromatic hydroxyl groups is 1. The van der Waals surface area contributed by atoms with Crippen molar-refractivity contribution in [3.05, 3.63) is 43.7 Å². The van der Waals surface area contributed by atoms with Crippen LogP contribution in [-0.2, 0) is 0 Å². The van der Waals surface area contributed by atoms with Crippen LogP contribution >= 0.6 is 33.9 Å². The fourth-order valence-corrected chi connectivity index (χ4v) is 2.72. The van der Waals surface area contributed by atoms with Gasteiger partial charge in [-0.2, -0.15) is 0 Å². The van der Waals surface area contributed by atoms with Crippen molar-refractivity contribution in [2.24, 2.45) is 0 Å². The Hall–Kier alpha value is -1.61. The normalized spacial score (nSPS) is 10.2. The van der Waals surface area contributed by atoms with Gasteiger partial charge in [0.15, 0.2) is 0 Å². The van der Waals surface area contributed by atoms with Gasteiger partial charge in [-0.25, -0.2) is 4.79 Å². The molecule has 3 N–H and O–H groups in total. The highest BCUT2D eigenvalue weighted by Crippen LogP contribution is 2.25. The molecular formula is C12H8INO4S. The number of amides is 1. The van der Waals surface area contributed by atoms with Gasteiger partial charge in [0, 0.05) is 5.38 Å². The van der Waals surface area contributed by atoms with Gasteiger partial charge in [0.05, 0.1) is 19.7 Å². The highest BCUT2D eigenvalue weighted by atomic mass is 127. The number of halogens is 1. The van der Waals surface area contributed by atoms with Crippen LogP contribution in [0, 0.1) is 2.88 Å². The Morgan fingerprint density at radius 3 is 2.47 bits per heavy atom. The van der Waals surface area contributed by atoms with Crippen molar-refractivity contribution in [2.75, 3.05) is 5.32 Å². The van der Waals surface area contributed by atoms with Gasteiger partial charge in [-0.3, -0.25) is 4.79 Å². The number of carbonyl (C=O) groups excluding carboxylic acids is 1. The number of hydrogen-bond acceptors (Lipinski definition) is 4. The molecule has 0 aliphatic heterocycles. The minimum absolute atomic E-state index is 0.0411. The van der Waals surface area contributed by atoms with Crippen molar-refractivity contribution in [3.63, 3.8) is 0 Å². The second kappa shape index (κ2) is 5.57. The van der Waals surface area contributed by atoms with E-state index in [9.17, 15) is 14.7 Å². The summed E-state index contributed by atoms with van der Waals surface area (Å²) in [5.41, 5.74) is 0.632. The molecule has 5 nitrogen and oxygen atoms in total. The molecule has 0 aliphatic rings. The zero-order valence-corrected chi connectivity index (χ0v) is 12.4. The Labute approximate surface area is 126 Å². The first kappa shape index (κ1) is 13.8. The third kappa shape index (κ3) is 3.24. The van der Waals surface area contributed by atoms with E-state index in [0.717, 1.165) is 8.95 Å². The van der Waals surface area contributed by atoms with E-state index in [1.807, 2.05) is 0 Å². The van der Waals surface area contributed by atoms with Crippen LogP contribution in [0.4, 0.5) is 5.69 Å². The minimum Gasteiger partial charge on any atom is -0.506 e. The molecule has 0 aliphatic carbocycles. The minimum atomic E-state index is -1.14. The fraction of sp³-hybridized carbons (Fsp3) is 0. The van der Waals surface area contributed by atoms with E-state index in [0.29, 0.717) is 5.56 Å². The second-order valence-corrected chi connectivity index (χ2v) is 6.44. The summed E-state index contributed by atoms with van der Waals surface area (Å²) in [6.45, 7) is 0. The maximum atomic E-state index is 11.9. The average Bonchev–Trinajstić information content (AvgIpc) is 2.78. The summed E-state index contributed by atoms with van der Waals surface area (Å²) in [4.78, 5) is 22.6. The van der Waals surface area contributed by atoms with Crippen LogP contribution in [0.25, 0.3) is 0 Å². The van der Waals surface area contributed by atoms with Gasteiger partial charge < -0.3 is 15.5 Å². The van der Waals surface area contributed by atoms with E-state index in [1.165, 1.54) is 23.5 Å². The summed E-state index contributed by atoms with van der Waals surface area (Å²) in [7, 11) is 0. The number of rotatable bonds is 3. The van der Waals surface area contributed by atoms with E-state index in [-0.39, 0.29) is 22.9 Å². The van der Waals surface area contributed by atoms with Gasteiger partial charge in [0.1, 0.15) is 5.75 Å². The van der Waals surface area contributed by atoms with Crippen LogP contribution in [0.2, 0.25) is 0 Å². The van der Waals surface area contributed by atoms with Gasteiger partial charge in [-0.1, -0.05) is 0 Å². The Morgan fingerprint density at radius 1 is 1.21 bits per heavy atom. The molecule has 19 heavy (non-hydrogen) atoms. The highest BCUT2D eigenvalue weighted by molar-refractivity contribution is 14.1. The van der Waals surface area contributed by atoms with Crippen molar-refractivity contribution in [3.8, 4) is 5.75 Å². The van der Waals surface area contributed by atoms with E-state index in [2.05, 4.69) is 27.9 Å². The summed E-state index contributed by atoms with van der Waals surface area (Å²) in [6.07, 6.45) is 0. The van der Waals surface area contributed by atoms with E-state index in [1.54, 1.807) is 11.4 Å². The molecule has 1 aromatic heterocycles. The van der Waals surface area contributed by atoms with Crippen molar-refractivity contribution < 1.29 is 19.8 Å². The first-order valence-corrected chi connectivity index (χ1v) is 7.05. The SMILES string of the molecule is O=C(O)c1ccc(NC(=O)c2csc(I)c2)c(O)c1. The molecule has 0 unspecified atom stereocenters. The number of hydrogen-bond donors (Lipinski definition) is 3. The molecule has 0 atom stereocenters. The van der Waals surface area contributed by atoms with Gasteiger partial charge >= 0.3 is 5.97 Å². The summed E-state index contributed by atoms with van der Waals surface area (Å²) in [5.74, 6) is -1.77. The van der Waals surface area contributed by atoms with Crippen LogP contribution in [0.15, 0.2) is 29.6 Å². The van der Waals surface area contributed by atoms with Crippen LogP contribution in [-0.4, -0.2) is 22.1 Å². The van der Waals surface area contributed by atoms with Crippen molar-refractivity contribution in [2.45, 2.75) is 0 Å². The number of benzene rings is 1. The number of carbonyl (C=O) groups is 2. The number of aromatic carboxylic acids is 1. The number of phenols is 1. The largest absolute Gasteiger partial charge is 0.506 e. The van der Waals surface area contributed by atoms with Crippen LogP contribution < -0.4 is 5.32 Å². The monoisotopic (exact) mass is 389 g/mol. The molecule has 0 bridgehead atoms. The average molecular weight is 389 g/mol. The fourth-order valence-electron chi connectivity index (χ4n) is 1.39. The van der Waals surface area contributed by atoms with Gasteiger partial charge in [0.2, 0.25) is 0 Å². The quantitative estimate of drug-likeness (QED) is 0.557. The summed E-state index contributed by atoms with van der Waals surface area (Å²) in [5, 5.41) is 22.7. The Kier molecular flexibility index (Phi) is 4.05. The maximum absolute atomic E-state index is 11.9. The molecule has 2 rings (SSSR count). The van der Waals surface area contributed by atoms with Crippen molar-refractivity contribution >= 4 is 51.5 Å². The molecule has 0 radical (unpaired) electrons. The lowest BCUT2D eigenvalue weighted by Gasteiger charge is -2.06. The Morgan fingerprint density at radius 2 is 1.95 bits per heavy atom. The first-order valence-electron chi connectivity index (χ1n) is 5.09. The molecule has 2 aromatic rings. The van der Waals surface area contributed by atoms with E-state index >= 15 is 0 Å². The topological polar surface area (TPSA) is 86.6 Å². The van der Waals surface area contributed by atoms with Crippen molar-refractivity contribution in [1.29, 1.82) is 0 Å². The Balaban J connectivity index is 2.20. The lowest BCUT2D eigenvalue weighted by atomic mass is 10.2. The molecule has 0 saturated carbocycles. The molecule has 0 saturated heterocycles. The molecule has 7 heteroatoms. The Bertz CT molecular complexity index is 653. The van der Waals surface area contributed by atoms with Crippen LogP contribution in [0.1, 0.15) is 20.7 Å². The zero-order valence-electron chi connectivity index (χ0n) is 9.38. The van der Waals surface area contributed by atoms with Gasteiger partial charge in [-0.15, -0.1) is 11.3 Å². The number of thiophene rings is 1. The molecule has 98 valence electrons. The third-order valence-corrected chi connectivity index (χ3v) is 4.11. The molecule has 0 fully saturated rings. The zero-order chi connectivity index (χ0) is 14.0. The molecule has 1 aromatic carbocycles. The number of carboxylic acid groups (broad SMARTS) is 1. The van der Waals surface area contributed by atoms with E-state index < -0.39 is 5.97 Å². The molecule has 1 amide bonds. The van der Waals surface area contributed by atoms with Crippen molar-refractivity contribution in [1.82, 2.24) is 0 Å². The summed E-state index contributed by atoms with van der Waals surface area (Å²) in [6, 6.07) is 5.49. The highest BCUT2D eigenvalue weighted by Gasteiger charge is 2.12. The second-order valence-electron chi connectivity index (χ2n) is 3.63. The number of phenolic OH excluding ortho intramolecular Hbond substituents is 1. The van der Waals surface area contributed by atoms with Crippen LogP contribution in [0.3, 0.4) is 0 Å². The smallest absolute Gasteiger partial charge is 0.335 e. The van der Waals surface area contributed by atoms with Crippen LogP contribution in [0.5, 0.6) is 5.75 Å². The van der Waals surface area contributed by atoms with Gasteiger partial charge in [-0.05, 0) is 46.9 Å². The summed E-state index contributed by atoms with van der Waals surface area (Å²) < 4.78 is 0.980. The summed E-state index contributed by atoms with van der Waals surface area (Å²) >= 11 is 3.55. The lowest BCUT2D eigenvalue weighted by molar-refractivity contribution is 0.0696. The standard InChI is InChI=1S/C12H8INO4S/c13-10-4-7(5-19-10)11(16)14-8-2-1-6(12(17)18)3-9(8)15/h1-5,15H,(H,14,16)(H,17,18). The third-order valence-electron chi connectivity index (χ3n) is 2.32. The number of carboxylic acids is 1. The van der Waals surface area contributed by atoms with E-state index in [4.69, 9.17) is 5.11 Å². The predicted octanol–water partition coefficient (Wildman–Crippen LogP) is 3.01. The van der Waals surface area contributed by atoms with Gasteiger partial charge in [0.25, 0.3) is 5.91 Å². The molecule has 0 spiro atoms. The predicted molar refractivity (Wildman–Crippen MR) is 80.1 cm³/mol. The lowest BCUT2D eigenvalue weighted by Crippen LogP contribution is -2.11. The molecule has 1 heterocycles. The number of anilines is 1. The maximum Gasteiger partial charge on any atom is 0.335 e. The number of nitrogens with one attached hydrogen (secondary N) is 1. The first-order chi connectivity index (χ1) is 8.97.